The summed E-state index contributed by atoms with van der Waals surface area (Å²) in [5.41, 5.74) is 0.617. The molecule has 3 aromatic rings. The van der Waals surface area contributed by atoms with Gasteiger partial charge in [0.25, 0.3) is 5.91 Å². The number of nitrogens with one attached hydrogen (secondary N) is 1. The lowest BCUT2D eigenvalue weighted by Gasteiger charge is -2.47. The average Bonchev–Trinajstić information content (AvgIpc) is 3.26. The number of nitrogens with zero attached hydrogens (tertiary/aromatic N) is 5. The minimum absolute atomic E-state index is 0.0743. The Labute approximate surface area is 188 Å². The van der Waals surface area contributed by atoms with Crippen LogP contribution in [-0.4, -0.2) is 60.2 Å². The molecule has 5 rings (SSSR count). The van der Waals surface area contributed by atoms with Gasteiger partial charge in [0, 0.05) is 0 Å². The molecule has 2 fully saturated rings. The Hall–Kier alpha value is -3.27. The summed E-state index contributed by atoms with van der Waals surface area (Å²) in [4.78, 5) is 48.2. The second-order valence-corrected chi connectivity index (χ2v) is 9.01. The fraction of sp³-hybridized carbons (Fsp3) is 0.364. The fourth-order valence-electron chi connectivity index (χ4n) is 4.56. The van der Waals surface area contributed by atoms with Crippen molar-refractivity contribution in [1.29, 1.82) is 0 Å². The van der Waals surface area contributed by atoms with Gasteiger partial charge in [-0.3, -0.25) is 19.7 Å². The topological polar surface area (TPSA) is 110 Å². The molecule has 3 amide bonds. The predicted octanol–water partition coefficient (Wildman–Crippen LogP) is 2.10. The highest BCUT2D eigenvalue weighted by Gasteiger charge is 2.50. The number of aromatic nitrogens is 4. The zero-order chi connectivity index (χ0) is 22.1. The molecule has 0 unspecified atom stereocenters. The molecule has 1 saturated heterocycles. The van der Waals surface area contributed by atoms with Crippen LogP contribution < -0.4 is 5.32 Å². The number of piperazine rings is 1. The quantitative estimate of drug-likeness (QED) is 0.368. The maximum absolute atomic E-state index is 13.2. The smallest absolute Gasteiger partial charge is 0.252 e. The number of fused-ring (bicyclic) bond motifs is 1. The van der Waals surface area contributed by atoms with Crippen molar-refractivity contribution in [3.05, 3.63) is 42.9 Å². The van der Waals surface area contributed by atoms with Crippen LogP contribution in [-0.2, 0) is 14.4 Å². The van der Waals surface area contributed by atoms with Gasteiger partial charge in [-0.2, -0.15) is 5.10 Å². The minimum Gasteiger partial charge on any atom is -0.318 e. The second-order valence-electron chi connectivity index (χ2n) is 8.05. The van der Waals surface area contributed by atoms with Crippen LogP contribution in [0.3, 0.4) is 0 Å². The van der Waals surface area contributed by atoms with E-state index in [1.807, 2.05) is 30.3 Å². The average molecular weight is 451 g/mol. The molecule has 2 aliphatic rings. The molecule has 1 aliphatic heterocycles. The number of imide groups is 1. The third kappa shape index (κ3) is 3.54. The lowest BCUT2D eigenvalue weighted by atomic mass is 9.78. The van der Waals surface area contributed by atoms with Crippen molar-refractivity contribution in [2.24, 2.45) is 0 Å². The van der Waals surface area contributed by atoms with E-state index in [1.165, 1.54) is 23.0 Å². The van der Waals surface area contributed by atoms with Crippen LogP contribution in [0.25, 0.3) is 16.7 Å². The molecule has 0 radical (unpaired) electrons. The summed E-state index contributed by atoms with van der Waals surface area (Å²) in [6, 6.07) is 9.66. The second kappa shape index (κ2) is 8.34. The van der Waals surface area contributed by atoms with Gasteiger partial charge in [0.2, 0.25) is 11.8 Å². The van der Waals surface area contributed by atoms with Crippen LogP contribution in [0.15, 0.2) is 47.9 Å². The standard InChI is InChI=1S/C22H22N6O3S/c29-17-12-27(22(21(31)26-17)9-5-2-6-10-22)18(30)13-32-20-16-11-25-28(19(16)23-14-24-20)15-7-3-1-4-8-15/h1,3-4,7-8,11,14H,2,5-6,9-10,12-13H2,(H,26,29,31). The van der Waals surface area contributed by atoms with E-state index in [9.17, 15) is 14.4 Å². The van der Waals surface area contributed by atoms with Crippen molar-refractivity contribution in [3.63, 3.8) is 0 Å². The SMILES string of the molecule is O=C1CN(C(=O)CSc2ncnc3c2cnn3-c2ccccc2)C2(CCCCC2)C(=O)N1. The summed E-state index contributed by atoms with van der Waals surface area (Å²) in [6.07, 6.45) is 7.08. The lowest BCUT2D eigenvalue weighted by molar-refractivity contribution is -0.158. The summed E-state index contributed by atoms with van der Waals surface area (Å²) >= 11 is 1.27. The molecular formula is C22H22N6O3S. The van der Waals surface area contributed by atoms with Crippen LogP contribution in [0.1, 0.15) is 32.1 Å². The number of para-hydroxylation sites is 1. The van der Waals surface area contributed by atoms with E-state index in [2.05, 4.69) is 20.4 Å². The molecule has 1 saturated carbocycles. The summed E-state index contributed by atoms with van der Waals surface area (Å²) < 4.78 is 1.73. The van der Waals surface area contributed by atoms with Crippen molar-refractivity contribution in [2.45, 2.75) is 42.7 Å². The number of rotatable bonds is 4. The summed E-state index contributed by atoms with van der Waals surface area (Å²) in [5, 5.41) is 8.25. The molecule has 1 aromatic carbocycles. The number of hydrogen-bond acceptors (Lipinski definition) is 7. The zero-order valence-corrected chi connectivity index (χ0v) is 18.2. The first-order valence-electron chi connectivity index (χ1n) is 10.6. The van der Waals surface area contributed by atoms with E-state index in [1.54, 1.807) is 10.9 Å². The molecule has 0 atom stereocenters. The first-order chi connectivity index (χ1) is 15.6. The third-order valence-corrected chi connectivity index (χ3v) is 7.13. The first kappa shape index (κ1) is 20.6. The molecule has 1 N–H and O–H groups in total. The molecule has 3 heterocycles. The van der Waals surface area contributed by atoms with Gasteiger partial charge in [-0.15, -0.1) is 0 Å². The highest BCUT2D eigenvalue weighted by molar-refractivity contribution is 8.00. The van der Waals surface area contributed by atoms with Crippen LogP contribution in [0.2, 0.25) is 0 Å². The molecule has 32 heavy (non-hydrogen) atoms. The summed E-state index contributed by atoms with van der Waals surface area (Å²) in [7, 11) is 0. The van der Waals surface area contributed by atoms with Crippen LogP contribution in [0.4, 0.5) is 0 Å². The van der Waals surface area contributed by atoms with E-state index in [0.717, 1.165) is 30.3 Å². The molecular weight excluding hydrogens is 428 g/mol. The minimum atomic E-state index is -0.914. The Bertz CT molecular complexity index is 1190. The van der Waals surface area contributed by atoms with E-state index in [0.29, 0.717) is 23.5 Å². The molecule has 9 nitrogen and oxygen atoms in total. The van der Waals surface area contributed by atoms with Crippen LogP contribution in [0.5, 0.6) is 0 Å². The number of benzene rings is 1. The number of carbonyl (C=O) groups excluding carboxylic acids is 3. The highest BCUT2D eigenvalue weighted by Crippen LogP contribution is 2.36. The van der Waals surface area contributed by atoms with Gasteiger partial charge in [-0.1, -0.05) is 49.2 Å². The Kier molecular flexibility index (Phi) is 5.38. The number of carbonyl (C=O) groups is 3. The van der Waals surface area contributed by atoms with Crippen molar-refractivity contribution >= 4 is 40.5 Å². The van der Waals surface area contributed by atoms with E-state index < -0.39 is 11.4 Å². The normalized spacial score (nSPS) is 18.2. The van der Waals surface area contributed by atoms with Gasteiger partial charge < -0.3 is 4.90 Å². The maximum atomic E-state index is 13.2. The van der Waals surface area contributed by atoms with Gasteiger partial charge >= 0.3 is 0 Å². The molecule has 1 spiro atoms. The highest BCUT2D eigenvalue weighted by atomic mass is 32.2. The number of amides is 3. The van der Waals surface area contributed by atoms with E-state index in [4.69, 9.17) is 0 Å². The molecule has 10 heteroatoms. The van der Waals surface area contributed by atoms with Gasteiger partial charge in [0.05, 0.1) is 23.0 Å². The molecule has 2 aromatic heterocycles. The van der Waals surface area contributed by atoms with Gasteiger partial charge in [-0.05, 0) is 25.0 Å². The van der Waals surface area contributed by atoms with Crippen molar-refractivity contribution < 1.29 is 14.4 Å². The summed E-state index contributed by atoms with van der Waals surface area (Å²) in [5.74, 6) is -0.939. The number of thioether (sulfide) groups is 1. The maximum Gasteiger partial charge on any atom is 0.252 e. The Morgan fingerprint density at radius 2 is 1.88 bits per heavy atom. The van der Waals surface area contributed by atoms with Crippen molar-refractivity contribution in [3.8, 4) is 5.69 Å². The van der Waals surface area contributed by atoms with E-state index in [-0.39, 0.29) is 24.1 Å². The zero-order valence-electron chi connectivity index (χ0n) is 17.4. The molecule has 1 aliphatic carbocycles. The van der Waals surface area contributed by atoms with Crippen molar-refractivity contribution in [1.82, 2.24) is 30.0 Å². The third-order valence-electron chi connectivity index (χ3n) is 6.14. The Morgan fingerprint density at radius 3 is 2.66 bits per heavy atom. The van der Waals surface area contributed by atoms with Crippen LogP contribution in [0, 0.1) is 0 Å². The molecule has 164 valence electrons. The van der Waals surface area contributed by atoms with Crippen LogP contribution >= 0.6 is 11.8 Å². The lowest BCUT2D eigenvalue weighted by Crippen LogP contribution is -2.69. The predicted molar refractivity (Wildman–Crippen MR) is 118 cm³/mol. The summed E-state index contributed by atoms with van der Waals surface area (Å²) in [6.45, 7) is -0.0870. The van der Waals surface area contributed by atoms with Gasteiger partial charge in [0.1, 0.15) is 23.4 Å². The fourth-order valence-corrected chi connectivity index (χ4v) is 5.40. The number of hydrogen-bond donors (Lipinski definition) is 1. The monoisotopic (exact) mass is 450 g/mol. The first-order valence-corrected chi connectivity index (χ1v) is 11.6. The molecule has 0 bridgehead atoms. The Balaban J connectivity index is 1.38. The largest absolute Gasteiger partial charge is 0.318 e. The van der Waals surface area contributed by atoms with Gasteiger partial charge in [0.15, 0.2) is 5.65 Å². The van der Waals surface area contributed by atoms with Crippen molar-refractivity contribution in [2.75, 3.05) is 12.3 Å². The van der Waals surface area contributed by atoms with E-state index >= 15 is 0 Å². The Morgan fingerprint density at radius 1 is 1.09 bits per heavy atom. The van der Waals surface area contributed by atoms with Gasteiger partial charge in [-0.25, -0.2) is 14.6 Å².